The summed E-state index contributed by atoms with van der Waals surface area (Å²) in [4.78, 5) is 13.0. The predicted octanol–water partition coefficient (Wildman–Crippen LogP) is 2.35. The molecule has 0 saturated heterocycles. The quantitative estimate of drug-likeness (QED) is 0.860. The fraction of sp³-hybridized carbons (Fsp3) is 0.643. The van der Waals surface area contributed by atoms with Gasteiger partial charge in [0.05, 0.1) is 6.10 Å². The molecule has 0 bridgehead atoms. The van der Waals surface area contributed by atoms with Crippen LogP contribution in [0.25, 0.3) is 0 Å². The highest BCUT2D eigenvalue weighted by Crippen LogP contribution is 2.23. The number of aliphatic hydroxyl groups is 1. The number of carbonyl (C=O) groups excluding carboxylic acids is 1. The summed E-state index contributed by atoms with van der Waals surface area (Å²) >= 11 is 1.69. The molecule has 1 heterocycles. The molecule has 0 aromatic carbocycles. The van der Waals surface area contributed by atoms with Crippen LogP contribution < -0.4 is 5.32 Å². The maximum atomic E-state index is 11.7. The molecule has 18 heavy (non-hydrogen) atoms. The van der Waals surface area contributed by atoms with E-state index in [9.17, 15) is 9.90 Å². The molecular weight excluding hydrogens is 246 g/mol. The van der Waals surface area contributed by atoms with Gasteiger partial charge in [-0.25, -0.2) is 0 Å². The molecule has 2 atom stereocenters. The SMILES string of the molecule is O=C(CCc1cccs1)NC[C@@H]1CCCC[C@@H]1O. The molecule has 2 N–H and O–H groups in total. The summed E-state index contributed by atoms with van der Waals surface area (Å²) in [5.74, 6) is 0.352. The van der Waals surface area contributed by atoms with E-state index in [1.807, 2.05) is 11.4 Å². The Morgan fingerprint density at radius 1 is 1.44 bits per heavy atom. The summed E-state index contributed by atoms with van der Waals surface area (Å²) in [5.41, 5.74) is 0. The first kappa shape index (κ1) is 13.6. The zero-order chi connectivity index (χ0) is 12.8. The molecule has 1 saturated carbocycles. The number of aryl methyl sites for hydroxylation is 1. The molecule has 0 unspecified atom stereocenters. The topological polar surface area (TPSA) is 49.3 Å². The van der Waals surface area contributed by atoms with Gasteiger partial charge in [0.15, 0.2) is 0 Å². The van der Waals surface area contributed by atoms with Crippen molar-refractivity contribution in [1.29, 1.82) is 0 Å². The number of hydrogen-bond donors (Lipinski definition) is 2. The third kappa shape index (κ3) is 4.10. The van der Waals surface area contributed by atoms with Crippen molar-refractivity contribution in [2.75, 3.05) is 6.54 Å². The third-order valence-corrected chi connectivity index (χ3v) is 4.55. The average Bonchev–Trinajstić information content (AvgIpc) is 2.88. The smallest absolute Gasteiger partial charge is 0.220 e. The summed E-state index contributed by atoms with van der Waals surface area (Å²) in [5, 5.41) is 14.8. The number of aliphatic hydroxyl groups excluding tert-OH is 1. The normalized spacial score (nSPS) is 23.8. The lowest BCUT2D eigenvalue weighted by atomic mass is 9.86. The molecular formula is C14H21NO2S. The molecule has 1 aliphatic carbocycles. The van der Waals surface area contributed by atoms with E-state index in [1.165, 1.54) is 11.3 Å². The van der Waals surface area contributed by atoms with Crippen LogP contribution in [-0.4, -0.2) is 23.7 Å². The molecule has 3 nitrogen and oxygen atoms in total. The minimum atomic E-state index is -0.226. The van der Waals surface area contributed by atoms with Crippen molar-refractivity contribution in [3.05, 3.63) is 22.4 Å². The molecule has 0 radical (unpaired) electrons. The largest absolute Gasteiger partial charge is 0.393 e. The number of nitrogens with one attached hydrogen (secondary N) is 1. The molecule has 0 aliphatic heterocycles. The van der Waals surface area contributed by atoms with Crippen LogP contribution in [-0.2, 0) is 11.2 Å². The molecule has 100 valence electrons. The summed E-state index contributed by atoms with van der Waals surface area (Å²) in [6.45, 7) is 0.629. The van der Waals surface area contributed by atoms with E-state index in [2.05, 4.69) is 11.4 Å². The lowest BCUT2D eigenvalue weighted by Gasteiger charge is -2.27. The van der Waals surface area contributed by atoms with Crippen LogP contribution in [0, 0.1) is 5.92 Å². The van der Waals surface area contributed by atoms with Gasteiger partial charge in [0.1, 0.15) is 0 Å². The Hall–Kier alpha value is -0.870. The third-order valence-electron chi connectivity index (χ3n) is 3.61. The molecule has 1 amide bonds. The Morgan fingerprint density at radius 3 is 3.00 bits per heavy atom. The first-order valence-corrected chi connectivity index (χ1v) is 7.61. The number of amides is 1. The zero-order valence-corrected chi connectivity index (χ0v) is 11.4. The Balaban J connectivity index is 1.65. The number of hydrogen-bond acceptors (Lipinski definition) is 3. The summed E-state index contributed by atoms with van der Waals surface area (Å²) in [6.07, 6.45) is 5.34. The standard InChI is InChI=1S/C14H21NO2S/c16-13-6-2-1-4-11(13)10-15-14(17)8-7-12-5-3-9-18-12/h3,5,9,11,13,16H,1-2,4,6-8,10H2,(H,15,17)/t11-,13-/m0/s1. The van der Waals surface area contributed by atoms with Crippen molar-refractivity contribution >= 4 is 17.2 Å². The average molecular weight is 267 g/mol. The monoisotopic (exact) mass is 267 g/mol. The minimum absolute atomic E-state index is 0.0983. The highest BCUT2D eigenvalue weighted by Gasteiger charge is 2.23. The molecule has 1 aliphatic rings. The lowest BCUT2D eigenvalue weighted by Crippen LogP contribution is -2.36. The second-order valence-corrected chi connectivity index (χ2v) is 6.03. The predicted molar refractivity (Wildman–Crippen MR) is 73.6 cm³/mol. The van der Waals surface area contributed by atoms with Gasteiger partial charge in [0.25, 0.3) is 0 Å². The second kappa shape index (κ2) is 6.90. The van der Waals surface area contributed by atoms with Crippen molar-refractivity contribution in [2.24, 2.45) is 5.92 Å². The lowest BCUT2D eigenvalue weighted by molar-refractivity contribution is -0.121. The van der Waals surface area contributed by atoms with Gasteiger partial charge in [0, 0.05) is 23.8 Å². The molecule has 1 aromatic heterocycles. The van der Waals surface area contributed by atoms with Crippen LogP contribution >= 0.6 is 11.3 Å². The molecule has 4 heteroatoms. The Morgan fingerprint density at radius 2 is 2.28 bits per heavy atom. The van der Waals surface area contributed by atoms with Crippen LogP contribution in [0.2, 0.25) is 0 Å². The first-order chi connectivity index (χ1) is 8.75. The van der Waals surface area contributed by atoms with Crippen molar-refractivity contribution in [3.8, 4) is 0 Å². The Kier molecular flexibility index (Phi) is 5.20. The number of rotatable bonds is 5. The molecule has 2 rings (SSSR count). The van der Waals surface area contributed by atoms with E-state index in [0.717, 1.165) is 25.7 Å². The van der Waals surface area contributed by atoms with Crippen LogP contribution in [0.1, 0.15) is 37.0 Å². The number of thiophene rings is 1. The van der Waals surface area contributed by atoms with Crippen LogP contribution in [0.3, 0.4) is 0 Å². The van der Waals surface area contributed by atoms with E-state index in [4.69, 9.17) is 0 Å². The zero-order valence-electron chi connectivity index (χ0n) is 10.6. The van der Waals surface area contributed by atoms with Crippen LogP contribution in [0.4, 0.5) is 0 Å². The Bertz CT molecular complexity index is 364. The van der Waals surface area contributed by atoms with Crippen molar-refractivity contribution < 1.29 is 9.90 Å². The van der Waals surface area contributed by atoms with Gasteiger partial charge in [0.2, 0.25) is 5.91 Å². The van der Waals surface area contributed by atoms with Gasteiger partial charge >= 0.3 is 0 Å². The van der Waals surface area contributed by atoms with E-state index in [-0.39, 0.29) is 17.9 Å². The molecule has 0 spiro atoms. The minimum Gasteiger partial charge on any atom is -0.393 e. The van der Waals surface area contributed by atoms with Crippen LogP contribution in [0.5, 0.6) is 0 Å². The summed E-state index contributed by atoms with van der Waals surface area (Å²) in [7, 11) is 0. The van der Waals surface area contributed by atoms with Crippen molar-refractivity contribution in [3.63, 3.8) is 0 Å². The van der Waals surface area contributed by atoms with E-state index < -0.39 is 0 Å². The molecule has 1 fully saturated rings. The fourth-order valence-corrected chi connectivity index (χ4v) is 3.16. The van der Waals surface area contributed by atoms with Crippen molar-refractivity contribution in [1.82, 2.24) is 5.32 Å². The van der Waals surface area contributed by atoms with E-state index in [1.54, 1.807) is 11.3 Å². The molecule has 1 aromatic rings. The number of carbonyl (C=O) groups is 1. The van der Waals surface area contributed by atoms with Gasteiger partial charge < -0.3 is 10.4 Å². The maximum Gasteiger partial charge on any atom is 0.220 e. The van der Waals surface area contributed by atoms with Gasteiger partial charge in [-0.15, -0.1) is 11.3 Å². The van der Waals surface area contributed by atoms with Gasteiger partial charge in [-0.2, -0.15) is 0 Å². The fourth-order valence-electron chi connectivity index (χ4n) is 2.45. The van der Waals surface area contributed by atoms with E-state index in [0.29, 0.717) is 13.0 Å². The highest BCUT2D eigenvalue weighted by atomic mass is 32.1. The second-order valence-electron chi connectivity index (χ2n) is 5.00. The summed E-state index contributed by atoms with van der Waals surface area (Å²) in [6, 6.07) is 4.07. The van der Waals surface area contributed by atoms with Crippen LogP contribution in [0.15, 0.2) is 17.5 Å². The van der Waals surface area contributed by atoms with Gasteiger partial charge in [-0.1, -0.05) is 18.9 Å². The van der Waals surface area contributed by atoms with Gasteiger partial charge in [-0.3, -0.25) is 4.79 Å². The van der Waals surface area contributed by atoms with Crippen molar-refractivity contribution in [2.45, 2.75) is 44.6 Å². The first-order valence-electron chi connectivity index (χ1n) is 6.73. The van der Waals surface area contributed by atoms with E-state index >= 15 is 0 Å². The highest BCUT2D eigenvalue weighted by molar-refractivity contribution is 7.09. The Labute approximate surface area is 112 Å². The van der Waals surface area contributed by atoms with Gasteiger partial charge in [-0.05, 0) is 30.7 Å². The summed E-state index contributed by atoms with van der Waals surface area (Å²) < 4.78 is 0. The maximum absolute atomic E-state index is 11.7.